The summed E-state index contributed by atoms with van der Waals surface area (Å²) in [7, 11) is 0. The van der Waals surface area contributed by atoms with Crippen molar-refractivity contribution in [3.63, 3.8) is 0 Å². The van der Waals surface area contributed by atoms with Crippen LogP contribution < -0.4 is 5.32 Å². The van der Waals surface area contributed by atoms with E-state index in [1.165, 1.54) is 47.7 Å². The largest absolute Gasteiger partial charge is 0.352 e. The molecule has 3 rings (SSSR count). The van der Waals surface area contributed by atoms with Gasteiger partial charge in [-0.25, -0.2) is 9.37 Å². The minimum Gasteiger partial charge on any atom is -0.352 e. The van der Waals surface area contributed by atoms with Crippen LogP contribution in [0.15, 0.2) is 48.5 Å². The second-order valence-corrected chi connectivity index (χ2v) is 6.93. The number of amides is 1. The summed E-state index contributed by atoms with van der Waals surface area (Å²) in [4.78, 5) is 27.8. The molecule has 1 N–H and O–H groups in total. The second kappa shape index (κ2) is 8.05. The standard InChI is InChI=1S/C19H16FN3O3S/c1-12-17(27-19(22-12)14-2-6-15(20)7-3-14)10-11-21-18(24)13-4-8-16(9-5-13)23(25)26/h2-9H,10-11H2,1H3,(H,21,24). The van der Waals surface area contributed by atoms with E-state index in [9.17, 15) is 19.3 Å². The first-order chi connectivity index (χ1) is 12.9. The Hall–Kier alpha value is -3.13. The fourth-order valence-electron chi connectivity index (χ4n) is 2.50. The Kier molecular flexibility index (Phi) is 5.56. The van der Waals surface area contributed by atoms with Crippen molar-refractivity contribution in [2.75, 3.05) is 6.54 Å². The molecule has 1 heterocycles. The summed E-state index contributed by atoms with van der Waals surface area (Å²) in [6, 6.07) is 11.6. The van der Waals surface area contributed by atoms with Gasteiger partial charge in [0.15, 0.2) is 0 Å². The van der Waals surface area contributed by atoms with Crippen LogP contribution in [0, 0.1) is 22.9 Å². The molecule has 0 bridgehead atoms. The number of halogens is 1. The highest BCUT2D eigenvalue weighted by molar-refractivity contribution is 7.15. The Balaban J connectivity index is 1.59. The fourth-order valence-corrected chi connectivity index (χ4v) is 3.57. The Bertz CT molecular complexity index is 969. The third kappa shape index (κ3) is 4.53. The Morgan fingerprint density at radius 2 is 1.85 bits per heavy atom. The van der Waals surface area contributed by atoms with Gasteiger partial charge in [-0.1, -0.05) is 0 Å². The van der Waals surface area contributed by atoms with Crippen molar-refractivity contribution in [2.45, 2.75) is 13.3 Å². The molecule has 0 saturated carbocycles. The zero-order valence-corrected chi connectivity index (χ0v) is 15.3. The Morgan fingerprint density at radius 3 is 2.48 bits per heavy atom. The van der Waals surface area contributed by atoms with E-state index in [0.717, 1.165) is 21.1 Å². The number of carbonyl (C=O) groups excluding carboxylic acids is 1. The van der Waals surface area contributed by atoms with Crippen LogP contribution in [0.3, 0.4) is 0 Å². The highest BCUT2D eigenvalue weighted by atomic mass is 32.1. The molecule has 1 amide bonds. The van der Waals surface area contributed by atoms with E-state index >= 15 is 0 Å². The van der Waals surface area contributed by atoms with Gasteiger partial charge < -0.3 is 5.32 Å². The summed E-state index contributed by atoms with van der Waals surface area (Å²) in [6.07, 6.45) is 0.615. The first-order valence-electron chi connectivity index (χ1n) is 8.19. The Labute approximate surface area is 158 Å². The molecule has 0 fully saturated rings. The quantitative estimate of drug-likeness (QED) is 0.510. The highest BCUT2D eigenvalue weighted by Crippen LogP contribution is 2.28. The number of aryl methyl sites for hydroxylation is 1. The molecule has 0 atom stereocenters. The molecule has 0 radical (unpaired) electrons. The third-order valence-electron chi connectivity index (χ3n) is 3.96. The van der Waals surface area contributed by atoms with Crippen molar-refractivity contribution in [1.29, 1.82) is 0 Å². The van der Waals surface area contributed by atoms with Gasteiger partial charge in [-0.05, 0) is 43.3 Å². The number of nitro benzene ring substituents is 1. The number of hydrogen-bond donors (Lipinski definition) is 1. The fraction of sp³-hybridized carbons (Fsp3) is 0.158. The monoisotopic (exact) mass is 385 g/mol. The van der Waals surface area contributed by atoms with Crippen LogP contribution in [0.1, 0.15) is 20.9 Å². The molecule has 27 heavy (non-hydrogen) atoms. The van der Waals surface area contributed by atoms with Crippen LogP contribution in [-0.4, -0.2) is 22.4 Å². The van der Waals surface area contributed by atoms with Gasteiger partial charge in [-0.3, -0.25) is 14.9 Å². The lowest BCUT2D eigenvalue weighted by Gasteiger charge is -2.04. The van der Waals surface area contributed by atoms with Crippen molar-refractivity contribution in [1.82, 2.24) is 10.3 Å². The van der Waals surface area contributed by atoms with Crippen LogP contribution in [-0.2, 0) is 6.42 Å². The van der Waals surface area contributed by atoms with Crippen LogP contribution in [0.2, 0.25) is 0 Å². The summed E-state index contributed by atoms with van der Waals surface area (Å²) >= 11 is 1.51. The van der Waals surface area contributed by atoms with E-state index in [4.69, 9.17) is 0 Å². The average Bonchev–Trinajstić information content (AvgIpc) is 3.03. The number of nitro groups is 1. The maximum Gasteiger partial charge on any atom is 0.269 e. The van der Waals surface area contributed by atoms with E-state index in [-0.39, 0.29) is 17.4 Å². The zero-order chi connectivity index (χ0) is 19.4. The van der Waals surface area contributed by atoms with E-state index in [2.05, 4.69) is 10.3 Å². The molecule has 0 saturated heterocycles. The van der Waals surface area contributed by atoms with Crippen LogP contribution in [0.4, 0.5) is 10.1 Å². The highest BCUT2D eigenvalue weighted by Gasteiger charge is 2.12. The Morgan fingerprint density at radius 1 is 1.19 bits per heavy atom. The molecular formula is C19H16FN3O3S. The molecule has 0 aliphatic heterocycles. The molecule has 138 valence electrons. The minimum absolute atomic E-state index is 0.0554. The van der Waals surface area contributed by atoms with Gasteiger partial charge in [-0.2, -0.15) is 0 Å². The van der Waals surface area contributed by atoms with Crippen molar-refractivity contribution in [3.05, 3.63) is 80.6 Å². The number of benzene rings is 2. The molecule has 3 aromatic rings. The van der Waals surface area contributed by atoms with Crippen molar-refractivity contribution in [2.24, 2.45) is 0 Å². The SMILES string of the molecule is Cc1nc(-c2ccc(F)cc2)sc1CCNC(=O)c1ccc([N+](=O)[O-])cc1. The smallest absolute Gasteiger partial charge is 0.269 e. The number of thiazole rings is 1. The van der Waals surface area contributed by atoms with E-state index < -0.39 is 4.92 Å². The van der Waals surface area contributed by atoms with Gasteiger partial charge >= 0.3 is 0 Å². The lowest BCUT2D eigenvalue weighted by molar-refractivity contribution is -0.384. The van der Waals surface area contributed by atoms with Crippen molar-refractivity contribution in [3.8, 4) is 10.6 Å². The first kappa shape index (κ1) is 18.7. The number of carbonyl (C=O) groups is 1. The molecule has 0 aliphatic rings. The zero-order valence-electron chi connectivity index (χ0n) is 14.4. The summed E-state index contributed by atoms with van der Waals surface area (Å²) in [6.45, 7) is 2.32. The lowest BCUT2D eigenvalue weighted by atomic mass is 10.2. The molecule has 0 aliphatic carbocycles. The van der Waals surface area contributed by atoms with E-state index in [1.807, 2.05) is 6.92 Å². The predicted molar refractivity (Wildman–Crippen MR) is 101 cm³/mol. The minimum atomic E-state index is -0.507. The van der Waals surface area contributed by atoms with Gasteiger partial charge in [0.25, 0.3) is 11.6 Å². The first-order valence-corrected chi connectivity index (χ1v) is 9.00. The maximum atomic E-state index is 13.0. The van der Waals surface area contributed by atoms with Gasteiger partial charge in [0.2, 0.25) is 0 Å². The van der Waals surface area contributed by atoms with E-state index in [1.54, 1.807) is 12.1 Å². The molecule has 1 aromatic heterocycles. The number of aromatic nitrogens is 1. The summed E-state index contributed by atoms with van der Waals surface area (Å²) in [5.74, 6) is -0.577. The number of nitrogens with one attached hydrogen (secondary N) is 1. The average molecular weight is 385 g/mol. The summed E-state index contributed by atoms with van der Waals surface area (Å²) in [5, 5.41) is 14.3. The van der Waals surface area contributed by atoms with E-state index in [0.29, 0.717) is 18.5 Å². The molecule has 2 aromatic carbocycles. The lowest BCUT2D eigenvalue weighted by Crippen LogP contribution is -2.25. The summed E-state index contributed by atoms with van der Waals surface area (Å²) < 4.78 is 13.0. The molecule has 6 nitrogen and oxygen atoms in total. The summed E-state index contributed by atoms with van der Waals surface area (Å²) in [5.41, 5.74) is 2.04. The van der Waals surface area contributed by atoms with Gasteiger partial charge in [-0.15, -0.1) is 11.3 Å². The third-order valence-corrected chi connectivity index (χ3v) is 5.23. The maximum absolute atomic E-state index is 13.0. The topological polar surface area (TPSA) is 85.1 Å². The van der Waals surface area contributed by atoms with Gasteiger partial charge in [0.05, 0.1) is 10.6 Å². The number of rotatable bonds is 6. The normalized spacial score (nSPS) is 10.6. The van der Waals surface area contributed by atoms with Crippen LogP contribution >= 0.6 is 11.3 Å². The predicted octanol–water partition coefficient (Wildman–Crippen LogP) is 4.14. The molecule has 0 spiro atoms. The number of non-ortho nitro benzene ring substituents is 1. The number of nitrogens with zero attached hydrogens (tertiary/aromatic N) is 2. The van der Waals surface area contributed by atoms with Crippen molar-refractivity contribution < 1.29 is 14.1 Å². The van der Waals surface area contributed by atoms with Gasteiger partial charge in [0, 0.05) is 41.1 Å². The van der Waals surface area contributed by atoms with Crippen LogP contribution in [0.5, 0.6) is 0 Å². The molecule has 0 unspecified atom stereocenters. The van der Waals surface area contributed by atoms with Gasteiger partial charge in [0.1, 0.15) is 10.8 Å². The molecule has 8 heteroatoms. The second-order valence-electron chi connectivity index (χ2n) is 5.84. The van der Waals surface area contributed by atoms with Crippen LogP contribution in [0.25, 0.3) is 10.6 Å². The number of hydrogen-bond acceptors (Lipinski definition) is 5. The molecular weight excluding hydrogens is 369 g/mol. The van der Waals surface area contributed by atoms with Crippen molar-refractivity contribution >= 4 is 22.9 Å².